The molecule has 1 fully saturated rings. The highest BCUT2D eigenvalue weighted by Crippen LogP contribution is 2.20. The zero-order valence-electron chi connectivity index (χ0n) is 66.1. The maximum absolute atomic E-state index is 11.5. The van der Waals surface area contributed by atoms with Crippen LogP contribution in [0.4, 0.5) is 0 Å². The molecule has 0 amide bonds. The Hall–Kier alpha value is -0.400. The number of aliphatic hydroxyl groups excluding tert-OH is 5. The van der Waals surface area contributed by atoms with E-state index in [1.165, 1.54) is 302 Å². The Kier molecular flexibility index (Phi) is 72.5. The van der Waals surface area contributed by atoms with E-state index in [1.54, 1.807) is 0 Å². The molecule has 5 atom stereocenters. The van der Waals surface area contributed by atoms with E-state index >= 15 is 0 Å². The minimum absolute atomic E-state index is 0.272. The fourth-order valence-electron chi connectivity index (χ4n) is 15.3. The van der Waals surface area contributed by atoms with Crippen LogP contribution in [0.5, 0.6) is 0 Å². The standard InChI is InChI=1S/C86H177N5O5/c1-6-11-16-21-26-31-36-41-46-53-62-82(92)77-89(68-59-52-61-70-91(80-85(95)65-56-49-44-39-34-29-24-19-14-9-4)81-86(96)66-57-50-45-40-35-30-25-20-15-10-5)76-75-88-73-71-87(72-74-88)67-58-51-60-69-90(78-83(93)63-54-47-42-37-32-27-22-17-12-7-2)79-84(94)64-55-48-43-38-33-28-23-18-13-8-3/h82-86,92-96H,6-81H2,1-5H3. The van der Waals surface area contributed by atoms with Crippen molar-refractivity contribution in [1.82, 2.24) is 24.5 Å². The molecule has 10 nitrogen and oxygen atoms in total. The van der Waals surface area contributed by atoms with Crippen LogP contribution in [0.25, 0.3) is 0 Å². The Labute approximate surface area is 602 Å². The molecule has 0 aromatic heterocycles. The molecule has 0 bridgehead atoms. The average molecular weight is 1360 g/mol. The highest BCUT2D eigenvalue weighted by molar-refractivity contribution is 4.77. The van der Waals surface area contributed by atoms with E-state index in [-0.39, 0.29) is 30.5 Å². The monoisotopic (exact) mass is 1360 g/mol. The molecule has 1 saturated heterocycles. The first-order chi connectivity index (χ1) is 47.1. The van der Waals surface area contributed by atoms with Crippen molar-refractivity contribution in [2.24, 2.45) is 0 Å². The Bertz CT molecular complexity index is 1410. The molecule has 0 spiro atoms. The number of nitrogens with zero attached hydrogens (tertiary/aromatic N) is 5. The Balaban J connectivity index is 2.78. The van der Waals surface area contributed by atoms with Gasteiger partial charge in [0.2, 0.25) is 0 Å². The normalized spacial score (nSPS) is 15.1. The number of hydrogen-bond acceptors (Lipinski definition) is 10. The molecule has 1 aliphatic rings. The van der Waals surface area contributed by atoms with Gasteiger partial charge < -0.3 is 30.4 Å². The van der Waals surface area contributed by atoms with Gasteiger partial charge in [0.15, 0.2) is 0 Å². The number of hydrogen-bond donors (Lipinski definition) is 5. The second-order valence-electron chi connectivity index (χ2n) is 31.7. The summed E-state index contributed by atoms with van der Waals surface area (Å²) in [4.78, 5) is 12.8. The molecule has 0 aromatic carbocycles. The topological polar surface area (TPSA) is 117 Å². The number of piperazine rings is 1. The van der Waals surface area contributed by atoms with Crippen LogP contribution in [-0.4, -0.2) is 179 Å². The third-order valence-electron chi connectivity index (χ3n) is 21.9. The molecule has 5 unspecified atom stereocenters. The summed E-state index contributed by atoms with van der Waals surface area (Å²) in [5, 5.41) is 56.8. The maximum Gasteiger partial charge on any atom is 0.0667 e. The van der Waals surface area contributed by atoms with E-state index < -0.39 is 0 Å². The van der Waals surface area contributed by atoms with Gasteiger partial charge >= 0.3 is 0 Å². The van der Waals surface area contributed by atoms with Crippen LogP contribution in [0.3, 0.4) is 0 Å². The molecule has 96 heavy (non-hydrogen) atoms. The van der Waals surface area contributed by atoms with Crippen molar-refractivity contribution >= 4 is 0 Å². The van der Waals surface area contributed by atoms with Crippen LogP contribution < -0.4 is 0 Å². The fourth-order valence-corrected chi connectivity index (χ4v) is 15.3. The summed E-state index contributed by atoms with van der Waals surface area (Å²) in [6, 6.07) is 0. The van der Waals surface area contributed by atoms with E-state index in [1.807, 2.05) is 0 Å². The van der Waals surface area contributed by atoms with Crippen molar-refractivity contribution in [3.05, 3.63) is 0 Å². The van der Waals surface area contributed by atoms with Crippen molar-refractivity contribution < 1.29 is 25.5 Å². The zero-order chi connectivity index (χ0) is 69.5. The SMILES string of the molecule is CCCCCCCCCCCCC(O)CN(CCCCCN(CC(O)CCCCCCCCCCCC)CC(O)CCCCCCCCCCCC)CCN1CCN(CCCCCN(CC(O)CCCCCCCCCCCC)CC(O)CCCCCCCCCCCC)CC1. The minimum Gasteiger partial charge on any atom is -0.392 e. The number of aliphatic hydroxyl groups is 5. The lowest BCUT2D eigenvalue weighted by molar-refractivity contribution is 0.0590. The quantitative estimate of drug-likeness (QED) is 0.0377. The first kappa shape index (κ1) is 93.6. The summed E-state index contributed by atoms with van der Waals surface area (Å²) in [6.45, 7) is 25.6. The number of unbranched alkanes of at least 4 members (excludes halogenated alkanes) is 49. The van der Waals surface area contributed by atoms with E-state index in [9.17, 15) is 25.5 Å². The van der Waals surface area contributed by atoms with Crippen molar-refractivity contribution in [1.29, 1.82) is 0 Å². The van der Waals surface area contributed by atoms with Crippen molar-refractivity contribution in [2.45, 2.75) is 457 Å². The maximum atomic E-state index is 11.5. The summed E-state index contributed by atoms with van der Waals surface area (Å²) in [5.41, 5.74) is 0. The van der Waals surface area contributed by atoms with E-state index in [0.29, 0.717) is 26.2 Å². The van der Waals surface area contributed by atoms with E-state index in [0.717, 1.165) is 162 Å². The van der Waals surface area contributed by atoms with Gasteiger partial charge in [-0.2, -0.15) is 0 Å². The molecular formula is C86H177N5O5. The van der Waals surface area contributed by atoms with Crippen molar-refractivity contribution in [3.8, 4) is 0 Å². The summed E-state index contributed by atoms with van der Waals surface area (Å²) < 4.78 is 0. The predicted octanol–water partition coefficient (Wildman–Crippen LogP) is 22.2. The molecule has 0 aliphatic carbocycles. The van der Waals surface area contributed by atoms with Crippen LogP contribution in [-0.2, 0) is 0 Å². The fraction of sp³-hybridized carbons (Fsp3) is 1.00. The first-order valence-electron chi connectivity index (χ1n) is 44.2. The summed E-state index contributed by atoms with van der Waals surface area (Å²) in [5.74, 6) is 0. The van der Waals surface area contributed by atoms with E-state index in [4.69, 9.17) is 0 Å². The van der Waals surface area contributed by atoms with Crippen LogP contribution in [0, 0.1) is 0 Å². The molecular weight excluding hydrogens is 1180 g/mol. The lowest BCUT2D eigenvalue weighted by atomic mass is 10.0. The van der Waals surface area contributed by atoms with Crippen LogP contribution in [0.2, 0.25) is 0 Å². The molecule has 1 rings (SSSR count). The smallest absolute Gasteiger partial charge is 0.0667 e. The molecule has 1 aliphatic heterocycles. The van der Waals surface area contributed by atoms with Gasteiger partial charge in [-0.1, -0.05) is 369 Å². The highest BCUT2D eigenvalue weighted by atomic mass is 16.3. The minimum atomic E-state index is -0.329. The predicted molar refractivity (Wildman–Crippen MR) is 422 cm³/mol. The van der Waals surface area contributed by atoms with Gasteiger partial charge in [-0.3, -0.25) is 19.6 Å². The molecule has 10 heteroatoms. The Morgan fingerprint density at radius 2 is 0.375 bits per heavy atom. The third-order valence-corrected chi connectivity index (χ3v) is 21.9. The second-order valence-corrected chi connectivity index (χ2v) is 31.7. The lowest BCUT2D eigenvalue weighted by Gasteiger charge is -2.36. The summed E-state index contributed by atoms with van der Waals surface area (Å²) in [6.07, 6.45) is 75.5. The Morgan fingerprint density at radius 1 is 0.198 bits per heavy atom. The average Bonchev–Trinajstić information content (AvgIpc) is 2.90. The third kappa shape index (κ3) is 65.6. The molecule has 0 saturated carbocycles. The molecule has 576 valence electrons. The van der Waals surface area contributed by atoms with E-state index in [2.05, 4.69) is 59.1 Å². The van der Waals surface area contributed by atoms with Gasteiger partial charge in [0, 0.05) is 72.0 Å². The molecule has 5 N–H and O–H groups in total. The largest absolute Gasteiger partial charge is 0.392 e. The lowest BCUT2D eigenvalue weighted by Crippen LogP contribution is -2.49. The van der Waals surface area contributed by atoms with Crippen LogP contribution in [0.15, 0.2) is 0 Å². The second kappa shape index (κ2) is 74.3. The zero-order valence-corrected chi connectivity index (χ0v) is 66.1. The van der Waals surface area contributed by atoms with Crippen molar-refractivity contribution in [3.63, 3.8) is 0 Å². The van der Waals surface area contributed by atoms with Gasteiger partial charge in [0.05, 0.1) is 30.5 Å². The van der Waals surface area contributed by atoms with Gasteiger partial charge in [0.1, 0.15) is 0 Å². The molecule has 1 heterocycles. The Morgan fingerprint density at radius 3 is 0.615 bits per heavy atom. The van der Waals surface area contributed by atoms with Crippen LogP contribution in [0.1, 0.15) is 426 Å². The van der Waals surface area contributed by atoms with Crippen molar-refractivity contribution in [2.75, 3.05) is 98.2 Å². The van der Waals surface area contributed by atoms with Gasteiger partial charge in [-0.05, 0) is 84.0 Å². The van der Waals surface area contributed by atoms with Gasteiger partial charge in [-0.25, -0.2) is 0 Å². The molecule has 0 radical (unpaired) electrons. The van der Waals surface area contributed by atoms with Crippen LogP contribution >= 0.6 is 0 Å². The summed E-state index contributed by atoms with van der Waals surface area (Å²) >= 11 is 0. The first-order valence-corrected chi connectivity index (χ1v) is 44.2. The summed E-state index contributed by atoms with van der Waals surface area (Å²) in [7, 11) is 0. The molecule has 0 aromatic rings. The highest BCUT2D eigenvalue weighted by Gasteiger charge is 2.21. The van der Waals surface area contributed by atoms with Gasteiger partial charge in [0.25, 0.3) is 0 Å². The number of rotatable bonds is 80. The van der Waals surface area contributed by atoms with Gasteiger partial charge in [-0.15, -0.1) is 0 Å².